The van der Waals surface area contributed by atoms with Crippen molar-refractivity contribution in [3.8, 4) is 0 Å². The molecule has 340 valence electrons. The van der Waals surface area contributed by atoms with Gasteiger partial charge < -0.3 is 47.4 Å². The van der Waals surface area contributed by atoms with Gasteiger partial charge in [0.1, 0.15) is 36.6 Å². The summed E-state index contributed by atoms with van der Waals surface area (Å²) in [6.07, 6.45) is -5.02. The van der Waals surface area contributed by atoms with Crippen LogP contribution in [0, 0.1) is 0 Å². The third-order valence-corrected chi connectivity index (χ3v) is 11.6. The summed E-state index contributed by atoms with van der Waals surface area (Å²) < 4.78 is 66.6. The van der Waals surface area contributed by atoms with Gasteiger partial charge >= 0.3 is 0 Å². The number of methoxy groups -OCH3 is 1. The molecule has 0 amide bonds. The fourth-order valence-electron chi connectivity index (χ4n) is 8.19. The quantitative estimate of drug-likeness (QED) is 0.0620. The van der Waals surface area contributed by atoms with Crippen LogP contribution in [-0.2, 0) is 87.0 Å². The summed E-state index contributed by atoms with van der Waals surface area (Å²) >= 11 is 0. The van der Waals surface area contributed by atoms with Crippen LogP contribution < -0.4 is 0 Å². The van der Waals surface area contributed by atoms with Gasteiger partial charge in [-0.1, -0.05) is 182 Å². The maximum atomic E-state index is 6.84. The van der Waals surface area contributed by atoms with Crippen LogP contribution in [-0.4, -0.2) is 75.6 Å². The fraction of sp³-hybridized carbons (Fsp3) is 0.345. The Morgan fingerprint density at radius 3 is 1.18 bits per heavy atom. The summed E-state index contributed by atoms with van der Waals surface area (Å²) in [5.74, 6) is 0. The molecule has 0 aromatic heterocycles. The highest BCUT2D eigenvalue weighted by Crippen LogP contribution is 2.33. The van der Waals surface area contributed by atoms with E-state index >= 15 is 0 Å². The molecule has 10 heteroatoms. The summed E-state index contributed by atoms with van der Waals surface area (Å²) in [7, 11) is 1.62. The monoisotopic (exact) mass is 880 g/mol. The lowest BCUT2D eigenvalue weighted by molar-refractivity contribution is -0.334. The highest BCUT2D eigenvalue weighted by atomic mass is 16.7. The topological polar surface area (TPSA) is 92.3 Å². The zero-order valence-corrected chi connectivity index (χ0v) is 37.0. The standard InChI is InChI=1S/C55H60O10/c1-56-55-54(63-38-46-30-18-7-19-31-46)53(62-37-45-28-16-6-17-29-45)52(61-36-44-26-14-5-15-27-44)49(65-55)40-59-50-32-47(58-34-42-22-10-3-11-23-42)51(60-35-43-24-12-4-13-25-43)48(64-50)39-57-33-41-20-8-2-9-21-41/h2-31,47-55H,32-40H2,1H3/t47-,48-,49-,50-,51+,52-,53+,54-,55+/m1/s1. The molecule has 8 rings (SSSR count). The molecule has 2 saturated heterocycles. The van der Waals surface area contributed by atoms with Crippen molar-refractivity contribution in [3.63, 3.8) is 0 Å². The van der Waals surface area contributed by atoms with Crippen molar-refractivity contribution in [3.05, 3.63) is 215 Å². The molecule has 2 fully saturated rings. The normalized spacial score (nSPS) is 24.4. The number of hydrogen-bond acceptors (Lipinski definition) is 10. The van der Waals surface area contributed by atoms with Crippen molar-refractivity contribution in [2.24, 2.45) is 0 Å². The first-order valence-electron chi connectivity index (χ1n) is 22.5. The van der Waals surface area contributed by atoms with Crippen molar-refractivity contribution in [2.45, 2.75) is 101 Å². The van der Waals surface area contributed by atoms with Gasteiger partial charge in [0.05, 0.1) is 59.0 Å². The molecule has 0 saturated carbocycles. The molecule has 65 heavy (non-hydrogen) atoms. The van der Waals surface area contributed by atoms with Gasteiger partial charge in [0.15, 0.2) is 12.6 Å². The van der Waals surface area contributed by atoms with Gasteiger partial charge in [-0.25, -0.2) is 0 Å². The third-order valence-electron chi connectivity index (χ3n) is 11.6. The van der Waals surface area contributed by atoms with E-state index in [4.69, 9.17) is 47.4 Å². The molecule has 6 aromatic rings. The van der Waals surface area contributed by atoms with E-state index in [1.807, 2.05) is 158 Å². The molecule has 10 nitrogen and oxygen atoms in total. The van der Waals surface area contributed by atoms with Crippen molar-refractivity contribution < 1.29 is 47.4 Å². The molecule has 0 N–H and O–H groups in total. The molecule has 2 heterocycles. The Hall–Kier alpha value is -5.08. The van der Waals surface area contributed by atoms with Gasteiger partial charge in [-0.3, -0.25) is 0 Å². The average molecular weight is 881 g/mol. The molecule has 2 aliphatic heterocycles. The highest BCUT2D eigenvalue weighted by molar-refractivity contribution is 5.18. The predicted molar refractivity (Wildman–Crippen MR) is 246 cm³/mol. The predicted octanol–water partition coefficient (Wildman–Crippen LogP) is 9.63. The highest BCUT2D eigenvalue weighted by Gasteiger charge is 2.50. The van der Waals surface area contributed by atoms with Crippen LogP contribution in [0.4, 0.5) is 0 Å². The van der Waals surface area contributed by atoms with Gasteiger partial charge in [-0.05, 0) is 33.4 Å². The maximum absolute atomic E-state index is 6.84. The zero-order chi connectivity index (χ0) is 44.3. The van der Waals surface area contributed by atoms with Crippen LogP contribution in [0.5, 0.6) is 0 Å². The lowest BCUT2D eigenvalue weighted by atomic mass is 9.97. The van der Waals surface area contributed by atoms with E-state index < -0.39 is 55.3 Å². The van der Waals surface area contributed by atoms with E-state index in [1.54, 1.807) is 7.11 Å². The van der Waals surface area contributed by atoms with E-state index in [-0.39, 0.29) is 13.2 Å². The Morgan fingerprint density at radius 1 is 0.369 bits per heavy atom. The summed E-state index contributed by atoms with van der Waals surface area (Å²) in [5, 5.41) is 0. The maximum Gasteiger partial charge on any atom is 0.186 e. The number of rotatable bonds is 23. The number of hydrogen-bond donors (Lipinski definition) is 0. The summed E-state index contributed by atoms with van der Waals surface area (Å²) in [6.45, 7) is 2.51. The lowest BCUT2D eigenvalue weighted by Gasteiger charge is -2.46. The third kappa shape index (κ3) is 14.0. The summed E-state index contributed by atoms with van der Waals surface area (Å²) in [6, 6.07) is 60.6. The van der Waals surface area contributed by atoms with Crippen molar-refractivity contribution >= 4 is 0 Å². The van der Waals surface area contributed by atoms with Crippen LogP contribution >= 0.6 is 0 Å². The molecule has 0 unspecified atom stereocenters. The second kappa shape index (κ2) is 25.0. The first kappa shape index (κ1) is 46.4. The van der Waals surface area contributed by atoms with E-state index in [1.165, 1.54) is 0 Å². The van der Waals surface area contributed by atoms with Crippen LogP contribution in [0.1, 0.15) is 39.8 Å². The largest absolute Gasteiger partial charge is 0.374 e. The van der Waals surface area contributed by atoms with Crippen molar-refractivity contribution in [1.82, 2.24) is 0 Å². The fourth-order valence-corrected chi connectivity index (χ4v) is 8.19. The minimum absolute atomic E-state index is 0.0964. The molecule has 0 aliphatic carbocycles. The minimum Gasteiger partial charge on any atom is -0.374 e. The molecule has 9 atom stereocenters. The van der Waals surface area contributed by atoms with Crippen LogP contribution in [0.15, 0.2) is 182 Å². The Morgan fingerprint density at radius 2 is 0.738 bits per heavy atom. The first-order chi connectivity index (χ1) is 32.2. The van der Waals surface area contributed by atoms with Gasteiger partial charge in [0, 0.05) is 13.5 Å². The SMILES string of the molecule is CO[C@H]1O[C@H](CO[C@H]2C[C@@H](OCc3ccccc3)[C@H](OCc3ccccc3)[C@@H](COCc3ccccc3)O2)[C@@H](OCc2ccccc2)[C@H](OCc2ccccc2)[C@H]1OCc1ccccc1. The smallest absolute Gasteiger partial charge is 0.186 e. The Bertz CT molecular complexity index is 2190. The molecule has 0 radical (unpaired) electrons. The van der Waals surface area contributed by atoms with Crippen LogP contribution in [0.25, 0.3) is 0 Å². The Balaban J connectivity index is 1.05. The van der Waals surface area contributed by atoms with Crippen molar-refractivity contribution in [2.75, 3.05) is 20.3 Å². The Kier molecular flexibility index (Phi) is 17.9. The first-order valence-corrected chi connectivity index (χ1v) is 22.5. The average Bonchev–Trinajstić information content (AvgIpc) is 3.37. The second-order valence-corrected chi connectivity index (χ2v) is 16.3. The molecular weight excluding hydrogens is 821 g/mol. The van der Waals surface area contributed by atoms with Gasteiger partial charge in [-0.2, -0.15) is 0 Å². The molecule has 0 spiro atoms. The zero-order valence-electron chi connectivity index (χ0n) is 37.0. The number of benzene rings is 6. The van der Waals surface area contributed by atoms with Gasteiger partial charge in [0.2, 0.25) is 0 Å². The molecule has 6 aromatic carbocycles. The van der Waals surface area contributed by atoms with Gasteiger partial charge in [-0.15, -0.1) is 0 Å². The van der Waals surface area contributed by atoms with E-state index in [9.17, 15) is 0 Å². The van der Waals surface area contributed by atoms with Crippen molar-refractivity contribution in [1.29, 1.82) is 0 Å². The van der Waals surface area contributed by atoms with Gasteiger partial charge in [0.25, 0.3) is 0 Å². The summed E-state index contributed by atoms with van der Waals surface area (Å²) in [4.78, 5) is 0. The van der Waals surface area contributed by atoms with E-state index in [0.29, 0.717) is 46.1 Å². The Labute approximate surface area is 383 Å². The van der Waals surface area contributed by atoms with E-state index in [0.717, 1.165) is 33.4 Å². The molecule has 0 bridgehead atoms. The number of ether oxygens (including phenoxy) is 10. The van der Waals surface area contributed by atoms with E-state index in [2.05, 4.69) is 24.3 Å². The van der Waals surface area contributed by atoms with Crippen LogP contribution in [0.2, 0.25) is 0 Å². The van der Waals surface area contributed by atoms with Crippen LogP contribution in [0.3, 0.4) is 0 Å². The molecule has 2 aliphatic rings. The summed E-state index contributed by atoms with van der Waals surface area (Å²) in [5.41, 5.74) is 6.22. The second-order valence-electron chi connectivity index (χ2n) is 16.3. The molecular formula is C55H60O10. The lowest BCUT2D eigenvalue weighted by Crippen LogP contribution is -2.62. The minimum atomic E-state index is -0.797.